The van der Waals surface area contributed by atoms with Crippen LogP contribution in [0, 0.1) is 0 Å². The molecule has 0 aliphatic heterocycles. The fourth-order valence-electron chi connectivity index (χ4n) is 1.72. The molecule has 0 amide bonds. The van der Waals surface area contributed by atoms with E-state index < -0.39 is 23.1 Å². The van der Waals surface area contributed by atoms with E-state index in [1.54, 1.807) is 0 Å². The second-order valence-electron chi connectivity index (χ2n) is 4.36. The third kappa shape index (κ3) is 3.46. The zero-order valence-corrected chi connectivity index (χ0v) is 11.7. The molecule has 0 saturated carbocycles. The summed E-state index contributed by atoms with van der Waals surface area (Å²) in [4.78, 5) is 22.7. The monoisotopic (exact) mass is 328 g/mol. The van der Waals surface area contributed by atoms with Crippen LogP contribution in [-0.2, 0) is 4.74 Å². The topological polar surface area (TPSA) is 43.4 Å². The third-order valence-electron chi connectivity index (χ3n) is 2.83. The molecule has 0 atom stereocenters. The van der Waals surface area contributed by atoms with Crippen LogP contribution in [0.3, 0.4) is 0 Å². The molecule has 114 valence electrons. The van der Waals surface area contributed by atoms with Crippen molar-refractivity contribution in [3.63, 3.8) is 0 Å². The van der Waals surface area contributed by atoms with Crippen molar-refractivity contribution in [2.75, 3.05) is 0 Å². The summed E-state index contributed by atoms with van der Waals surface area (Å²) in [5.74, 6) is -2.75. The molecule has 0 aromatic heterocycles. The molecule has 7 heteroatoms. The first-order valence-electron chi connectivity index (χ1n) is 5.90. The minimum atomic E-state index is -4.80. The van der Waals surface area contributed by atoms with Crippen molar-refractivity contribution in [1.82, 2.24) is 0 Å². The van der Waals surface area contributed by atoms with Gasteiger partial charge in [0.25, 0.3) is 5.24 Å². The highest BCUT2D eigenvalue weighted by Crippen LogP contribution is 2.26. The van der Waals surface area contributed by atoms with Crippen molar-refractivity contribution < 1.29 is 27.5 Å². The average Bonchev–Trinajstić information content (AvgIpc) is 2.44. The van der Waals surface area contributed by atoms with Crippen molar-refractivity contribution >= 4 is 33.6 Å². The van der Waals surface area contributed by atoms with Crippen LogP contribution in [0.15, 0.2) is 48.7 Å². The maximum absolute atomic E-state index is 12.3. The van der Waals surface area contributed by atoms with Gasteiger partial charge in [0.05, 0.1) is 5.56 Å². The van der Waals surface area contributed by atoms with Gasteiger partial charge in [0.15, 0.2) is 0 Å². The van der Waals surface area contributed by atoms with E-state index in [1.165, 1.54) is 36.4 Å². The number of ether oxygens (including phenoxy) is 1. The number of esters is 1. The van der Waals surface area contributed by atoms with Gasteiger partial charge in [0.2, 0.25) is 5.76 Å². The van der Waals surface area contributed by atoms with Gasteiger partial charge >= 0.3 is 12.1 Å². The molecule has 2 rings (SSSR count). The minimum Gasteiger partial charge on any atom is -0.418 e. The number of fused-ring (bicyclic) bond motifs is 1. The zero-order valence-electron chi connectivity index (χ0n) is 10.9. The standard InChI is InChI=1S/C15H8ClF3O3/c1-8(15(17,18)19)22-14(21)12-5-3-9-6-11(13(16)20)4-2-10(9)7-12/h2-7H,1H2. The molecule has 0 heterocycles. The van der Waals surface area contributed by atoms with E-state index in [-0.39, 0.29) is 11.1 Å². The molecule has 0 spiro atoms. The van der Waals surface area contributed by atoms with E-state index in [0.29, 0.717) is 10.8 Å². The van der Waals surface area contributed by atoms with Crippen molar-refractivity contribution in [2.45, 2.75) is 6.18 Å². The van der Waals surface area contributed by atoms with Gasteiger partial charge in [-0.15, -0.1) is 0 Å². The predicted octanol–water partition coefficient (Wildman–Crippen LogP) is 4.45. The molecule has 2 aromatic carbocycles. The second-order valence-corrected chi connectivity index (χ2v) is 4.70. The lowest BCUT2D eigenvalue weighted by Crippen LogP contribution is -2.17. The van der Waals surface area contributed by atoms with E-state index in [2.05, 4.69) is 11.3 Å². The van der Waals surface area contributed by atoms with E-state index >= 15 is 0 Å². The predicted molar refractivity (Wildman–Crippen MR) is 74.7 cm³/mol. The van der Waals surface area contributed by atoms with E-state index in [4.69, 9.17) is 11.6 Å². The quantitative estimate of drug-likeness (QED) is 0.475. The minimum absolute atomic E-state index is 0.0668. The van der Waals surface area contributed by atoms with Gasteiger partial charge in [-0.05, 0) is 46.6 Å². The highest BCUT2D eigenvalue weighted by molar-refractivity contribution is 6.67. The Bertz CT molecular complexity index is 781. The molecule has 22 heavy (non-hydrogen) atoms. The molecular weight excluding hydrogens is 321 g/mol. The first-order valence-corrected chi connectivity index (χ1v) is 6.28. The number of hydrogen-bond donors (Lipinski definition) is 0. The molecule has 0 aliphatic rings. The summed E-state index contributed by atoms with van der Waals surface area (Å²) in [6.45, 7) is 2.66. The zero-order chi connectivity index (χ0) is 16.5. The summed E-state index contributed by atoms with van der Waals surface area (Å²) < 4.78 is 41.0. The lowest BCUT2D eigenvalue weighted by Gasteiger charge is -2.10. The summed E-state index contributed by atoms with van der Waals surface area (Å²) in [7, 11) is 0. The summed E-state index contributed by atoms with van der Waals surface area (Å²) >= 11 is 5.36. The first-order chi connectivity index (χ1) is 10.2. The molecule has 0 fully saturated rings. The molecule has 0 aliphatic carbocycles. The number of benzene rings is 2. The summed E-state index contributed by atoms with van der Waals surface area (Å²) in [6, 6.07) is 8.60. The van der Waals surface area contributed by atoms with Crippen LogP contribution in [-0.4, -0.2) is 17.4 Å². The van der Waals surface area contributed by atoms with Gasteiger partial charge in [0.1, 0.15) is 0 Å². The van der Waals surface area contributed by atoms with E-state index in [1.807, 2.05) is 0 Å². The third-order valence-corrected chi connectivity index (χ3v) is 3.05. The van der Waals surface area contributed by atoms with E-state index in [0.717, 1.165) is 0 Å². The Balaban J connectivity index is 2.30. The van der Waals surface area contributed by atoms with Crippen molar-refractivity contribution in [3.05, 3.63) is 59.9 Å². The SMILES string of the molecule is C=C(OC(=O)c1ccc2cc(C(=O)Cl)ccc2c1)C(F)(F)F. The van der Waals surface area contributed by atoms with Crippen LogP contribution >= 0.6 is 11.6 Å². The van der Waals surface area contributed by atoms with Crippen LogP contribution in [0.2, 0.25) is 0 Å². The van der Waals surface area contributed by atoms with Crippen molar-refractivity contribution in [2.24, 2.45) is 0 Å². The molecular formula is C15H8ClF3O3. The summed E-state index contributed by atoms with van der Waals surface area (Å²) in [6.07, 6.45) is -4.80. The largest absolute Gasteiger partial charge is 0.449 e. The Morgan fingerprint density at radius 1 is 1.00 bits per heavy atom. The molecule has 0 saturated heterocycles. The van der Waals surface area contributed by atoms with Crippen molar-refractivity contribution in [1.29, 1.82) is 0 Å². The Morgan fingerprint density at radius 3 is 2.00 bits per heavy atom. The number of hydrogen-bond acceptors (Lipinski definition) is 3. The highest BCUT2D eigenvalue weighted by Gasteiger charge is 2.35. The first kappa shape index (κ1) is 16.0. The fourth-order valence-corrected chi connectivity index (χ4v) is 1.84. The second kappa shape index (κ2) is 5.81. The Hall–Kier alpha value is -2.34. The van der Waals surface area contributed by atoms with E-state index in [9.17, 15) is 22.8 Å². The van der Waals surface area contributed by atoms with Gasteiger partial charge in [-0.25, -0.2) is 4.79 Å². The Kier molecular flexibility index (Phi) is 4.23. The highest BCUT2D eigenvalue weighted by atomic mass is 35.5. The maximum atomic E-state index is 12.3. The van der Waals surface area contributed by atoms with Crippen molar-refractivity contribution in [3.8, 4) is 0 Å². The maximum Gasteiger partial charge on any atom is 0.449 e. The lowest BCUT2D eigenvalue weighted by atomic mass is 10.0. The number of rotatable bonds is 3. The van der Waals surface area contributed by atoms with Gasteiger partial charge in [0, 0.05) is 5.56 Å². The van der Waals surface area contributed by atoms with Gasteiger partial charge < -0.3 is 4.74 Å². The molecule has 0 N–H and O–H groups in total. The number of carbonyl (C=O) groups is 2. The summed E-state index contributed by atoms with van der Waals surface area (Å²) in [5, 5.41) is 0.526. The normalized spacial score (nSPS) is 11.3. The van der Waals surface area contributed by atoms with Crippen LogP contribution in [0.4, 0.5) is 13.2 Å². The molecule has 0 unspecified atom stereocenters. The molecule has 0 radical (unpaired) electrons. The molecule has 0 bridgehead atoms. The average molecular weight is 329 g/mol. The van der Waals surface area contributed by atoms with Gasteiger partial charge in [-0.2, -0.15) is 13.2 Å². The number of allylic oxidation sites excluding steroid dienone is 1. The van der Waals surface area contributed by atoms with Crippen LogP contribution in [0.5, 0.6) is 0 Å². The van der Waals surface area contributed by atoms with Gasteiger partial charge in [-0.1, -0.05) is 18.7 Å². The molecule has 2 aromatic rings. The van der Waals surface area contributed by atoms with Crippen LogP contribution in [0.25, 0.3) is 10.8 Å². The molecule has 3 nitrogen and oxygen atoms in total. The Labute approximate surface area is 127 Å². The number of carbonyl (C=O) groups excluding carboxylic acids is 2. The van der Waals surface area contributed by atoms with Crippen LogP contribution in [0.1, 0.15) is 20.7 Å². The van der Waals surface area contributed by atoms with Gasteiger partial charge in [-0.3, -0.25) is 4.79 Å². The number of alkyl halides is 3. The summed E-state index contributed by atoms with van der Waals surface area (Å²) in [5.41, 5.74) is 0.206. The smallest absolute Gasteiger partial charge is 0.418 e. The Morgan fingerprint density at radius 2 is 1.50 bits per heavy atom. The van der Waals surface area contributed by atoms with Crippen LogP contribution < -0.4 is 0 Å². The fraction of sp³-hybridized carbons (Fsp3) is 0.0667. The lowest BCUT2D eigenvalue weighted by molar-refractivity contribution is -0.122. The number of halogens is 4.